The Morgan fingerprint density at radius 2 is 2.11 bits per heavy atom. The van der Waals surface area contributed by atoms with Crippen molar-refractivity contribution >= 4 is 22.9 Å². The molecule has 19 heavy (non-hydrogen) atoms. The molecule has 0 bridgehead atoms. The monoisotopic (exact) mass is 299 g/mol. The highest BCUT2D eigenvalue weighted by atomic mass is 35.5. The zero-order valence-corrected chi connectivity index (χ0v) is 13.9. The van der Waals surface area contributed by atoms with Crippen molar-refractivity contribution < 1.29 is 0 Å². The van der Waals surface area contributed by atoms with Gasteiger partial charge in [0.25, 0.3) is 0 Å². The molecule has 0 aromatic carbocycles. The molecule has 0 amide bonds. The van der Waals surface area contributed by atoms with Crippen LogP contribution < -0.4 is 5.32 Å². The van der Waals surface area contributed by atoms with Crippen molar-refractivity contribution in [2.75, 3.05) is 6.54 Å². The van der Waals surface area contributed by atoms with Crippen LogP contribution in [-0.2, 0) is 0 Å². The van der Waals surface area contributed by atoms with Crippen LogP contribution in [0.4, 0.5) is 0 Å². The molecular formula is C16H26ClNS. The molecule has 1 aromatic rings. The molecule has 1 aliphatic rings. The third-order valence-electron chi connectivity index (χ3n) is 4.40. The van der Waals surface area contributed by atoms with Crippen LogP contribution in [0.25, 0.3) is 0 Å². The molecule has 3 heteroatoms. The van der Waals surface area contributed by atoms with Gasteiger partial charge in [0.15, 0.2) is 0 Å². The third-order valence-corrected chi connectivity index (χ3v) is 5.84. The van der Waals surface area contributed by atoms with E-state index in [1.165, 1.54) is 37.0 Å². The predicted octanol–water partition coefficient (Wildman–Crippen LogP) is 5.66. The summed E-state index contributed by atoms with van der Waals surface area (Å²) in [6.45, 7) is 8.11. The lowest BCUT2D eigenvalue weighted by Gasteiger charge is -2.38. The largest absolute Gasteiger partial charge is 0.309 e. The summed E-state index contributed by atoms with van der Waals surface area (Å²) in [5, 5.41) is 6.80. The number of hydrogen-bond acceptors (Lipinski definition) is 2. The van der Waals surface area contributed by atoms with Gasteiger partial charge in [-0.05, 0) is 61.4 Å². The minimum atomic E-state index is 0.462. The second-order valence-corrected chi connectivity index (χ2v) is 7.92. The fourth-order valence-corrected chi connectivity index (χ4v) is 4.40. The summed E-state index contributed by atoms with van der Waals surface area (Å²) in [6, 6.07) is 2.50. The SMILES string of the molecule is CCCNC(c1sccc1Cl)C1CCC(C)(C)CC1. The average molecular weight is 300 g/mol. The highest BCUT2D eigenvalue weighted by molar-refractivity contribution is 7.10. The number of thiophene rings is 1. The number of hydrogen-bond donors (Lipinski definition) is 1. The van der Waals surface area contributed by atoms with Crippen LogP contribution in [0, 0.1) is 11.3 Å². The van der Waals surface area contributed by atoms with Crippen molar-refractivity contribution in [3.63, 3.8) is 0 Å². The Hall–Kier alpha value is -0.0500. The molecule has 1 nitrogen and oxygen atoms in total. The molecule has 1 atom stereocenters. The molecule has 1 aromatic heterocycles. The normalized spacial score (nSPS) is 21.5. The Balaban J connectivity index is 2.08. The van der Waals surface area contributed by atoms with Gasteiger partial charge in [-0.1, -0.05) is 32.4 Å². The topological polar surface area (TPSA) is 12.0 Å². The molecule has 1 aliphatic carbocycles. The third kappa shape index (κ3) is 3.96. The van der Waals surface area contributed by atoms with Crippen molar-refractivity contribution in [3.8, 4) is 0 Å². The van der Waals surface area contributed by atoms with E-state index in [9.17, 15) is 0 Å². The Kier molecular flexibility index (Phi) is 5.33. The van der Waals surface area contributed by atoms with Gasteiger partial charge < -0.3 is 5.32 Å². The first-order chi connectivity index (χ1) is 9.03. The summed E-state index contributed by atoms with van der Waals surface area (Å²) in [7, 11) is 0. The standard InChI is InChI=1S/C16H26ClNS/c1-4-10-18-14(15-13(17)7-11-19-15)12-5-8-16(2,3)9-6-12/h7,11-12,14,18H,4-6,8-10H2,1-3H3. The maximum absolute atomic E-state index is 6.36. The molecule has 1 heterocycles. The minimum Gasteiger partial charge on any atom is -0.309 e. The quantitative estimate of drug-likeness (QED) is 0.740. The van der Waals surface area contributed by atoms with Crippen molar-refractivity contribution in [1.82, 2.24) is 5.32 Å². The van der Waals surface area contributed by atoms with E-state index in [2.05, 4.69) is 31.5 Å². The number of nitrogens with one attached hydrogen (secondary N) is 1. The first-order valence-electron chi connectivity index (χ1n) is 7.50. The van der Waals surface area contributed by atoms with Crippen molar-refractivity contribution in [2.45, 2.75) is 58.9 Å². The summed E-state index contributed by atoms with van der Waals surface area (Å²) in [5.74, 6) is 0.746. The molecule has 1 N–H and O–H groups in total. The highest BCUT2D eigenvalue weighted by Gasteiger charge is 2.32. The van der Waals surface area contributed by atoms with Crippen LogP contribution in [0.15, 0.2) is 11.4 Å². The number of halogens is 1. The molecule has 0 saturated heterocycles. The van der Waals surface area contributed by atoms with E-state index in [0.29, 0.717) is 11.5 Å². The second-order valence-electron chi connectivity index (χ2n) is 6.57. The molecule has 1 saturated carbocycles. The zero-order chi connectivity index (χ0) is 13.9. The highest BCUT2D eigenvalue weighted by Crippen LogP contribution is 2.44. The smallest absolute Gasteiger partial charge is 0.0561 e. The van der Waals surface area contributed by atoms with Gasteiger partial charge >= 0.3 is 0 Å². The molecular weight excluding hydrogens is 274 g/mol. The molecule has 1 unspecified atom stereocenters. The van der Waals surface area contributed by atoms with Gasteiger partial charge in [0, 0.05) is 10.9 Å². The van der Waals surface area contributed by atoms with Gasteiger partial charge in [0.1, 0.15) is 0 Å². The lowest BCUT2D eigenvalue weighted by atomic mass is 9.71. The van der Waals surface area contributed by atoms with Gasteiger partial charge in [-0.25, -0.2) is 0 Å². The van der Waals surface area contributed by atoms with Crippen molar-refractivity contribution in [3.05, 3.63) is 21.3 Å². The Morgan fingerprint density at radius 3 is 2.63 bits per heavy atom. The lowest BCUT2D eigenvalue weighted by molar-refractivity contribution is 0.162. The molecule has 0 aliphatic heterocycles. The molecule has 0 radical (unpaired) electrons. The predicted molar refractivity (Wildman–Crippen MR) is 86.1 cm³/mol. The number of rotatable bonds is 5. The average Bonchev–Trinajstić information content (AvgIpc) is 2.78. The Morgan fingerprint density at radius 1 is 1.42 bits per heavy atom. The van der Waals surface area contributed by atoms with Crippen LogP contribution in [0.5, 0.6) is 0 Å². The summed E-state index contributed by atoms with van der Waals surface area (Å²) in [6.07, 6.45) is 6.50. The lowest BCUT2D eigenvalue weighted by Crippen LogP contribution is -2.33. The fraction of sp³-hybridized carbons (Fsp3) is 0.750. The summed E-state index contributed by atoms with van der Waals surface area (Å²) in [5.41, 5.74) is 0.533. The molecule has 0 spiro atoms. The van der Waals surface area contributed by atoms with Crippen LogP contribution in [-0.4, -0.2) is 6.54 Å². The van der Waals surface area contributed by atoms with E-state index < -0.39 is 0 Å². The zero-order valence-electron chi connectivity index (χ0n) is 12.3. The van der Waals surface area contributed by atoms with E-state index in [1.807, 2.05) is 17.4 Å². The van der Waals surface area contributed by atoms with Crippen LogP contribution in [0.1, 0.15) is 63.8 Å². The van der Waals surface area contributed by atoms with E-state index in [-0.39, 0.29) is 0 Å². The van der Waals surface area contributed by atoms with Gasteiger partial charge in [-0.3, -0.25) is 0 Å². The minimum absolute atomic E-state index is 0.462. The Bertz CT molecular complexity index is 389. The first-order valence-corrected chi connectivity index (χ1v) is 8.75. The Labute approximate surface area is 126 Å². The van der Waals surface area contributed by atoms with Gasteiger partial charge in [0.2, 0.25) is 0 Å². The van der Waals surface area contributed by atoms with E-state index in [1.54, 1.807) is 0 Å². The summed E-state index contributed by atoms with van der Waals surface area (Å²) >= 11 is 8.17. The van der Waals surface area contributed by atoms with Crippen molar-refractivity contribution in [2.24, 2.45) is 11.3 Å². The van der Waals surface area contributed by atoms with Crippen LogP contribution in [0.2, 0.25) is 5.02 Å². The van der Waals surface area contributed by atoms with Gasteiger partial charge in [-0.15, -0.1) is 11.3 Å². The van der Waals surface area contributed by atoms with E-state index in [4.69, 9.17) is 11.6 Å². The van der Waals surface area contributed by atoms with E-state index in [0.717, 1.165) is 17.5 Å². The summed E-state index contributed by atoms with van der Waals surface area (Å²) in [4.78, 5) is 1.35. The van der Waals surface area contributed by atoms with Crippen LogP contribution >= 0.6 is 22.9 Å². The molecule has 1 fully saturated rings. The van der Waals surface area contributed by atoms with Crippen LogP contribution in [0.3, 0.4) is 0 Å². The first kappa shape index (κ1) is 15.3. The molecule has 108 valence electrons. The second kappa shape index (κ2) is 6.60. The van der Waals surface area contributed by atoms with Gasteiger partial charge in [-0.2, -0.15) is 0 Å². The maximum Gasteiger partial charge on any atom is 0.0561 e. The van der Waals surface area contributed by atoms with E-state index >= 15 is 0 Å². The summed E-state index contributed by atoms with van der Waals surface area (Å²) < 4.78 is 0. The molecule has 2 rings (SSSR count). The fourth-order valence-electron chi connectivity index (χ4n) is 3.06. The maximum atomic E-state index is 6.36. The van der Waals surface area contributed by atoms with Crippen molar-refractivity contribution in [1.29, 1.82) is 0 Å². The van der Waals surface area contributed by atoms with Gasteiger partial charge in [0.05, 0.1) is 5.02 Å².